The SMILES string of the molecule is COc1ccc(O)c(CNCC(C)(C)S(C)(=O)=O)c1. The average molecular weight is 287 g/mol. The van der Waals surface area contributed by atoms with Gasteiger partial charge in [-0.2, -0.15) is 0 Å². The topological polar surface area (TPSA) is 75.6 Å². The van der Waals surface area contributed by atoms with E-state index >= 15 is 0 Å². The molecular weight excluding hydrogens is 266 g/mol. The molecule has 6 heteroatoms. The zero-order chi connectivity index (χ0) is 14.7. The Morgan fingerprint density at radius 2 is 2.00 bits per heavy atom. The quantitative estimate of drug-likeness (QED) is 0.825. The highest BCUT2D eigenvalue weighted by Gasteiger charge is 2.29. The number of rotatable bonds is 6. The highest BCUT2D eigenvalue weighted by atomic mass is 32.2. The molecule has 19 heavy (non-hydrogen) atoms. The van der Waals surface area contributed by atoms with Gasteiger partial charge in [-0.3, -0.25) is 0 Å². The van der Waals surface area contributed by atoms with E-state index in [0.29, 0.717) is 24.4 Å². The van der Waals surface area contributed by atoms with Gasteiger partial charge in [0.25, 0.3) is 0 Å². The third-order valence-electron chi connectivity index (χ3n) is 3.16. The lowest BCUT2D eigenvalue weighted by Gasteiger charge is -2.23. The molecule has 0 aliphatic rings. The first-order chi connectivity index (χ1) is 8.67. The predicted octanol–water partition coefficient (Wildman–Crippen LogP) is 1.31. The Hall–Kier alpha value is -1.27. The van der Waals surface area contributed by atoms with Crippen LogP contribution in [-0.4, -0.2) is 38.2 Å². The van der Waals surface area contributed by atoms with Crippen LogP contribution < -0.4 is 10.1 Å². The van der Waals surface area contributed by atoms with Gasteiger partial charge in [-0.1, -0.05) is 0 Å². The lowest BCUT2D eigenvalue weighted by molar-refractivity contribution is 0.409. The summed E-state index contributed by atoms with van der Waals surface area (Å²) in [5.41, 5.74) is 0.670. The van der Waals surface area contributed by atoms with Crippen LogP contribution in [-0.2, 0) is 16.4 Å². The van der Waals surface area contributed by atoms with Crippen molar-refractivity contribution in [3.8, 4) is 11.5 Å². The van der Waals surface area contributed by atoms with Crippen molar-refractivity contribution in [1.29, 1.82) is 0 Å². The van der Waals surface area contributed by atoms with E-state index in [2.05, 4.69) is 5.32 Å². The molecule has 2 N–H and O–H groups in total. The molecule has 0 aliphatic heterocycles. The van der Waals surface area contributed by atoms with E-state index in [0.717, 1.165) is 0 Å². The van der Waals surface area contributed by atoms with Crippen molar-refractivity contribution < 1.29 is 18.3 Å². The summed E-state index contributed by atoms with van der Waals surface area (Å²) in [6.45, 7) is 4.02. The Morgan fingerprint density at radius 1 is 1.37 bits per heavy atom. The molecule has 0 amide bonds. The number of methoxy groups -OCH3 is 1. The molecule has 0 saturated heterocycles. The molecule has 0 bridgehead atoms. The molecule has 1 aromatic rings. The fraction of sp³-hybridized carbons (Fsp3) is 0.538. The van der Waals surface area contributed by atoms with Gasteiger partial charge in [0.15, 0.2) is 9.84 Å². The maximum absolute atomic E-state index is 11.6. The summed E-state index contributed by atoms with van der Waals surface area (Å²) >= 11 is 0. The van der Waals surface area contributed by atoms with Crippen molar-refractivity contribution in [1.82, 2.24) is 5.32 Å². The molecule has 0 aliphatic carbocycles. The number of benzene rings is 1. The van der Waals surface area contributed by atoms with Gasteiger partial charge in [-0.25, -0.2) is 8.42 Å². The van der Waals surface area contributed by atoms with E-state index in [1.165, 1.54) is 6.26 Å². The maximum atomic E-state index is 11.6. The van der Waals surface area contributed by atoms with Crippen molar-refractivity contribution in [2.75, 3.05) is 19.9 Å². The first kappa shape index (κ1) is 15.8. The van der Waals surface area contributed by atoms with Crippen LogP contribution in [0.25, 0.3) is 0 Å². The van der Waals surface area contributed by atoms with Crippen LogP contribution in [0.1, 0.15) is 19.4 Å². The van der Waals surface area contributed by atoms with Crippen molar-refractivity contribution in [2.24, 2.45) is 0 Å². The summed E-state index contributed by atoms with van der Waals surface area (Å²) in [4.78, 5) is 0. The summed E-state index contributed by atoms with van der Waals surface area (Å²) in [7, 11) is -1.58. The lowest BCUT2D eigenvalue weighted by Crippen LogP contribution is -2.41. The lowest BCUT2D eigenvalue weighted by atomic mass is 10.1. The summed E-state index contributed by atoms with van der Waals surface area (Å²) in [6, 6.07) is 4.94. The van der Waals surface area contributed by atoms with E-state index in [1.807, 2.05) is 0 Å². The highest BCUT2D eigenvalue weighted by molar-refractivity contribution is 7.92. The monoisotopic (exact) mass is 287 g/mol. The minimum Gasteiger partial charge on any atom is -0.508 e. The summed E-state index contributed by atoms with van der Waals surface area (Å²) in [6.07, 6.45) is 1.22. The molecule has 0 heterocycles. The van der Waals surface area contributed by atoms with Crippen LogP contribution in [0.3, 0.4) is 0 Å². The summed E-state index contributed by atoms with van der Waals surface area (Å²) in [5, 5.41) is 12.8. The minimum atomic E-state index is -3.13. The summed E-state index contributed by atoms with van der Waals surface area (Å²) in [5.74, 6) is 0.808. The molecule has 0 unspecified atom stereocenters. The van der Waals surface area contributed by atoms with Gasteiger partial charge in [0.1, 0.15) is 11.5 Å². The van der Waals surface area contributed by atoms with Crippen molar-refractivity contribution >= 4 is 9.84 Å². The molecule has 0 saturated carbocycles. The normalized spacial score (nSPS) is 12.4. The Bertz CT molecular complexity index is 538. The molecule has 1 rings (SSSR count). The number of phenols is 1. The minimum absolute atomic E-state index is 0.158. The Kier molecular flexibility index (Phi) is 4.81. The molecule has 0 atom stereocenters. The second-order valence-electron chi connectivity index (χ2n) is 5.13. The van der Waals surface area contributed by atoms with Gasteiger partial charge < -0.3 is 15.2 Å². The second-order valence-corrected chi connectivity index (χ2v) is 7.78. The Labute approximate surface area is 114 Å². The molecule has 1 aromatic carbocycles. The van der Waals surface area contributed by atoms with Gasteiger partial charge in [0.2, 0.25) is 0 Å². The number of hydrogen-bond donors (Lipinski definition) is 2. The number of phenolic OH excluding ortho intramolecular Hbond substituents is 1. The average Bonchev–Trinajstić information content (AvgIpc) is 2.30. The van der Waals surface area contributed by atoms with Crippen LogP contribution >= 0.6 is 0 Å². The number of nitrogens with one attached hydrogen (secondary N) is 1. The van der Waals surface area contributed by atoms with E-state index in [9.17, 15) is 13.5 Å². The standard InChI is InChI=1S/C13H21NO4S/c1-13(2,19(4,16)17)9-14-8-10-7-11(18-3)5-6-12(10)15/h5-7,14-15H,8-9H2,1-4H3. The number of aromatic hydroxyl groups is 1. The third kappa shape index (κ3) is 4.11. The Morgan fingerprint density at radius 3 is 2.53 bits per heavy atom. The Balaban J connectivity index is 2.68. The zero-order valence-electron chi connectivity index (χ0n) is 11.7. The van der Waals surface area contributed by atoms with Gasteiger partial charge in [-0.15, -0.1) is 0 Å². The smallest absolute Gasteiger partial charge is 0.153 e. The van der Waals surface area contributed by atoms with Gasteiger partial charge in [-0.05, 0) is 32.0 Å². The largest absolute Gasteiger partial charge is 0.508 e. The van der Waals surface area contributed by atoms with E-state index < -0.39 is 14.6 Å². The molecule has 5 nitrogen and oxygen atoms in total. The summed E-state index contributed by atoms with van der Waals surface area (Å²) < 4.78 is 27.3. The van der Waals surface area contributed by atoms with Crippen LogP contribution in [0.4, 0.5) is 0 Å². The van der Waals surface area contributed by atoms with E-state index in [4.69, 9.17) is 4.74 Å². The van der Waals surface area contributed by atoms with Gasteiger partial charge >= 0.3 is 0 Å². The highest BCUT2D eigenvalue weighted by Crippen LogP contribution is 2.23. The van der Waals surface area contributed by atoms with E-state index in [1.54, 1.807) is 39.2 Å². The predicted molar refractivity (Wildman–Crippen MR) is 75.3 cm³/mol. The van der Waals surface area contributed by atoms with Gasteiger partial charge in [0.05, 0.1) is 11.9 Å². The molecule has 0 fully saturated rings. The molecular formula is C13H21NO4S. The molecule has 0 radical (unpaired) electrons. The van der Waals surface area contributed by atoms with E-state index in [-0.39, 0.29) is 5.75 Å². The fourth-order valence-corrected chi connectivity index (χ4v) is 1.82. The fourth-order valence-electron chi connectivity index (χ4n) is 1.46. The first-order valence-electron chi connectivity index (χ1n) is 5.93. The molecule has 0 spiro atoms. The van der Waals surface area contributed by atoms with Crippen LogP contribution in [0.5, 0.6) is 11.5 Å². The molecule has 108 valence electrons. The van der Waals surface area contributed by atoms with Crippen LogP contribution in [0.15, 0.2) is 18.2 Å². The van der Waals surface area contributed by atoms with Crippen molar-refractivity contribution in [3.63, 3.8) is 0 Å². The third-order valence-corrected chi connectivity index (χ3v) is 5.31. The van der Waals surface area contributed by atoms with Crippen molar-refractivity contribution in [3.05, 3.63) is 23.8 Å². The van der Waals surface area contributed by atoms with Crippen molar-refractivity contribution in [2.45, 2.75) is 25.1 Å². The van der Waals surface area contributed by atoms with Gasteiger partial charge in [0, 0.05) is 24.9 Å². The number of hydrogen-bond acceptors (Lipinski definition) is 5. The molecule has 0 aromatic heterocycles. The first-order valence-corrected chi connectivity index (χ1v) is 7.83. The van der Waals surface area contributed by atoms with Crippen LogP contribution in [0.2, 0.25) is 0 Å². The van der Waals surface area contributed by atoms with Crippen LogP contribution in [0, 0.1) is 0 Å². The number of sulfone groups is 1. The second kappa shape index (κ2) is 5.79. The maximum Gasteiger partial charge on any atom is 0.153 e. The number of ether oxygens (including phenoxy) is 1. The zero-order valence-corrected chi connectivity index (χ0v) is 12.5.